The van der Waals surface area contributed by atoms with E-state index in [2.05, 4.69) is 36.9 Å². The van der Waals surface area contributed by atoms with Gasteiger partial charge in [0.05, 0.1) is 0 Å². The van der Waals surface area contributed by atoms with Gasteiger partial charge in [-0.2, -0.15) is 0 Å². The van der Waals surface area contributed by atoms with E-state index in [0.717, 1.165) is 11.8 Å². The molecule has 0 aliphatic carbocycles. The maximum Gasteiger partial charge on any atom is -0.00547 e. The summed E-state index contributed by atoms with van der Waals surface area (Å²) in [6, 6.07) is 0. The van der Waals surface area contributed by atoms with Crippen molar-refractivity contribution < 1.29 is 0 Å². The van der Waals surface area contributed by atoms with Crippen LogP contribution in [0.15, 0.2) is 0 Å². The first-order valence-electron chi connectivity index (χ1n) is 4.12. The first kappa shape index (κ1) is 10.4. The third-order valence-corrected chi connectivity index (χ3v) is 1.81. The number of hydrogen-bond acceptors (Lipinski definition) is 0. The highest BCUT2D eigenvalue weighted by Crippen LogP contribution is 2.27. The van der Waals surface area contributed by atoms with Crippen molar-refractivity contribution in [3.05, 3.63) is 5.66 Å². The van der Waals surface area contributed by atoms with Gasteiger partial charge in [0, 0.05) is 0 Å². The van der Waals surface area contributed by atoms with Crippen LogP contribution >= 0.6 is 9.24 Å². The molecule has 0 aromatic heterocycles. The highest BCUT2D eigenvalue weighted by molar-refractivity contribution is 7.20. The van der Waals surface area contributed by atoms with Crippen LogP contribution in [0.25, 0.3) is 0 Å². The van der Waals surface area contributed by atoms with Gasteiger partial charge < -0.3 is 0 Å². The smallest absolute Gasteiger partial charge is 0.00547 e. The molecule has 0 aromatic rings. The van der Waals surface area contributed by atoms with Crippen LogP contribution in [0.3, 0.4) is 0 Å². The summed E-state index contributed by atoms with van der Waals surface area (Å²) in [6.45, 7) is 9.07. The van der Waals surface area contributed by atoms with Crippen molar-refractivity contribution in [3.8, 4) is 0 Å². The Bertz CT molecular complexity index is 66.8. The quantitative estimate of drug-likeness (QED) is 0.551. The monoisotopic (exact) mass is 159 g/mol. The Balaban J connectivity index is 3.34. The summed E-state index contributed by atoms with van der Waals surface area (Å²) in [7, 11) is 2.86. The molecule has 0 amide bonds. The normalized spacial score (nSPS) is 12.0. The Morgan fingerprint density at radius 1 is 1.00 bits per heavy atom. The van der Waals surface area contributed by atoms with Gasteiger partial charge in [0.2, 0.25) is 0 Å². The summed E-state index contributed by atoms with van der Waals surface area (Å²) in [6.07, 6.45) is 2.53. The van der Waals surface area contributed by atoms with Gasteiger partial charge in [0.15, 0.2) is 0 Å². The van der Waals surface area contributed by atoms with E-state index in [1.807, 2.05) is 0 Å². The van der Waals surface area contributed by atoms with Crippen molar-refractivity contribution in [2.75, 3.05) is 0 Å². The van der Waals surface area contributed by atoms with Crippen LogP contribution in [-0.4, -0.2) is 0 Å². The second-order valence-electron chi connectivity index (χ2n) is 3.85. The largest absolute Gasteiger partial charge is 0.130 e. The van der Waals surface area contributed by atoms with Crippen molar-refractivity contribution in [2.24, 2.45) is 11.8 Å². The molecule has 0 rings (SSSR count). The molecule has 1 heteroatoms. The summed E-state index contributed by atoms with van der Waals surface area (Å²) in [5.41, 5.74) is 1.57. The molecule has 0 fully saturated rings. The Labute approximate surface area is 68.0 Å². The molecule has 0 aliphatic heterocycles. The predicted octanol–water partition coefficient (Wildman–Crippen LogP) is 3.49. The SMILES string of the molecule is CC(C)C[C](P)CC(C)C. The molecule has 0 aliphatic rings. The molecule has 61 valence electrons. The van der Waals surface area contributed by atoms with Crippen LogP contribution in [0.2, 0.25) is 0 Å². The lowest BCUT2D eigenvalue weighted by molar-refractivity contribution is 0.551. The van der Waals surface area contributed by atoms with Gasteiger partial charge in [-0.15, -0.1) is 9.24 Å². The summed E-state index contributed by atoms with van der Waals surface area (Å²) >= 11 is 0. The Hall–Kier alpha value is 0.430. The van der Waals surface area contributed by atoms with Gasteiger partial charge >= 0.3 is 0 Å². The highest BCUT2D eigenvalue weighted by atomic mass is 31.0. The molecule has 1 radical (unpaired) electrons. The average Bonchev–Trinajstić information content (AvgIpc) is 1.58. The maximum atomic E-state index is 2.86. The van der Waals surface area contributed by atoms with E-state index in [-0.39, 0.29) is 0 Å². The average molecular weight is 159 g/mol. The first-order chi connectivity index (χ1) is 4.52. The van der Waals surface area contributed by atoms with E-state index in [9.17, 15) is 0 Å². The van der Waals surface area contributed by atoms with E-state index in [1.54, 1.807) is 5.66 Å². The van der Waals surface area contributed by atoms with Crippen LogP contribution in [-0.2, 0) is 0 Å². The van der Waals surface area contributed by atoms with E-state index in [0.29, 0.717) is 0 Å². The highest BCUT2D eigenvalue weighted by Gasteiger charge is 2.07. The molecule has 0 heterocycles. The minimum Gasteiger partial charge on any atom is -0.130 e. The second-order valence-corrected chi connectivity index (χ2v) is 4.67. The van der Waals surface area contributed by atoms with Crippen molar-refractivity contribution in [3.63, 3.8) is 0 Å². The van der Waals surface area contributed by atoms with Crippen LogP contribution in [0.5, 0.6) is 0 Å². The Kier molecular flexibility index (Phi) is 5.35. The van der Waals surface area contributed by atoms with Crippen LogP contribution in [0.1, 0.15) is 40.5 Å². The molecular weight excluding hydrogens is 139 g/mol. The maximum absolute atomic E-state index is 2.86. The lowest BCUT2D eigenvalue weighted by Gasteiger charge is -2.14. The first-order valence-corrected chi connectivity index (χ1v) is 4.70. The molecule has 0 saturated heterocycles. The second kappa shape index (κ2) is 5.13. The standard InChI is InChI=1S/C9H20P/c1-7(2)5-9(10)6-8(3)4/h7-8H,5-6,10H2,1-4H3. The number of hydrogen-bond donors (Lipinski definition) is 0. The van der Waals surface area contributed by atoms with Crippen LogP contribution < -0.4 is 0 Å². The summed E-state index contributed by atoms with van der Waals surface area (Å²) in [5.74, 6) is 1.62. The van der Waals surface area contributed by atoms with Gasteiger partial charge in [0.1, 0.15) is 0 Å². The summed E-state index contributed by atoms with van der Waals surface area (Å²) in [4.78, 5) is 0. The third-order valence-electron chi connectivity index (χ3n) is 1.34. The van der Waals surface area contributed by atoms with Crippen molar-refractivity contribution >= 4 is 9.24 Å². The van der Waals surface area contributed by atoms with E-state index >= 15 is 0 Å². The predicted molar refractivity (Wildman–Crippen MR) is 51.9 cm³/mol. The fourth-order valence-corrected chi connectivity index (χ4v) is 2.07. The van der Waals surface area contributed by atoms with Crippen molar-refractivity contribution in [1.82, 2.24) is 0 Å². The van der Waals surface area contributed by atoms with E-state index in [1.165, 1.54) is 12.8 Å². The zero-order valence-electron chi connectivity index (χ0n) is 7.65. The van der Waals surface area contributed by atoms with Crippen molar-refractivity contribution in [2.45, 2.75) is 40.5 Å². The minimum absolute atomic E-state index is 0.811. The molecule has 0 nitrogen and oxygen atoms in total. The fourth-order valence-electron chi connectivity index (χ4n) is 1.13. The van der Waals surface area contributed by atoms with E-state index < -0.39 is 0 Å². The topological polar surface area (TPSA) is 0 Å². The van der Waals surface area contributed by atoms with Crippen molar-refractivity contribution in [1.29, 1.82) is 0 Å². The van der Waals surface area contributed by atoms with Gasteiger partial charge in [-0.3, -0.25) is 0 Å². The molecule has 10 heavy (non-hydrogen) atoms. The Morgan fingerprint density at radius 3 is 1.50 bits per heavy atom. The van der Waals surface area contributed by atoms with Crippen LogP contribution in [0.4, 0.5) is 0 Å². The van der Waals surface area contributed by atoms with Gasteiger partial charge in [-0.1, -0.05) is 27.7 Å². The lowest BCUT2D eigenvalue weighted by Crippen LogP contribution is -1.98. The van der Waals surface area contributed by atoms with E-state index in [4.69, 9.17) is 0 Å². The lowest BCUT2D eigenvalue weighted by atomic mass is 10.0. The molecular formula is C9H20P. The fraction of sp³-hybridized carbons (Fsp3) is 0.889. The zero-order chi connectivity index (χ0) is 8.15. The van der Waals surface area contributed by atoms with Gasteiger partial charge in [0.25, 0.3) is 0 Å². The summed E-state index contributed by atoms with van der Waals surface area (Å²) < 4.78 is 0. The summed E-state index contributed by atoms with van der Waals surface area (Å²) in [5, 5.41) is 0. The number of rotatable bonds is 4. The zero-order valence-corrected chi connectivity index (χ0v) is 8.80. The molecule has 0 saturated carbocycles. The molecule has 0 N–H and O–H groups in total. The molecule has 0 spiro atoms. The molecule has 0 bridgehead atoms. The van der Waals surface area contributed by atoms with Gasteiger partial charge in [-0.05, 0) is 30.3 Å². The third kappa shape index (κ3) is 6.55. The van der Waals surface area contributed by atoms with Crippen LogP contribution in [0, 0.1) is 17.5 Å². The molecule has 1 unspecified atom stereocenters. The van der Waals surface area contributed by atoms with Gasteiger partial charge in [-0.25, -0.2) is 0 Å². The minimum atomic E-state index is 0.811. The Morgan fingerprint density at radius 2 is 1.30 bits per heavy atom. The molecule has 0 aromatic carbocycles. The molecule has 1 atom stereocenters.